The predicted octanol–water partition coefficient (Wildman–Crippen LogP) is 4.94. The molecule has 0 bridgehead atoms. The van der Waals surface area contributed by atoms with Crippen molar-refractivity contribution in [3.63, 3.8) is 0 Å². The predicted molar refractivity (Wildman–Crippen MR) is 104 cm³/mol. The summed E-state index contributed by atoms with van der Waals surface area (Å²) in [5, 5.41) is 6.97. The number of aromatic nitrogens is 1. The Labute approximate surface area is 159 Å². The van der Waals surface area contributed by atoms with Crippen LogP contribution in [0.1, 0.15) is 49.0 Å². The van der Waals surface area contributed by atoms with Gasteiger partial charge in [-0.3, -0.25) is 9.78 Å². The summed E-state index contributed by atoms with van der Waals surface area (Å²) in [4.78, 5) is 16.8. The highest BCUT2D eigenvalue weighted by Crippen LogP contribution is 2.30. The van der Waals surface area contributed by atoms with E-state index in [1.54, 1.807) is 37.6 Å². The van der Waals surface area contributed by atoms with Crippen LogP contribution in [0.15, 0.2) is 36.5 Å². The molecular weight excluding hydrogens is 350 g/mol. The summed E-state index contributed by atoms with van der Waals surface area (Å²) in [7, 11) is 1.60. The molecule has 3 rings (SSSR count). The molecule has 1 fully saturated rings. The summed E-state index contributed by atoms with van der Waals surface area (Å²) in [5.41, 5.74) is 1.90. The molecule has 5 nitrogen and oxygen atoms in total. The number of halogens is 1. The van der Waals surface area contributed by atoms with Crippen LogP contribution < -0.4 is 15.4 Å². The first-order chi connectivity index (χ1) is 12.7. The van der Waals surface area contributed by atoms with Gasteiger partial charge in [0.15, 0.2) is 0 Å². The van der Waals surface area contributed by atoms with E-state index in [-0.39, 0.29) is 11.9 Å². The number of hydrogen-bond acceptors (Lipinski definition) is 4. The molecule has 0 saturated heterocycles. The number of rotatable bonds is 5. The Morgan fingerprint density at radius 3 is 2.65 bits per heavy atom. The van der Waals surface area contributed by atoms with Gasteiger partial charge in [-0.1, -0.05) is 37.3 Å². The Balaban J connectivity index is 1.71. The Hall–Kier alpha value is -2.27. The molecule has 2 aromatic rings. The van der Waals surface area contributed by atoms with Crippen molar-refractivity contribution < 1.29 is 9.53 Å². The lowest BCUT2D eigenvalue weighted by atomic mass is 10.1. The summed E-state index contributed by atoms with van der Waals surface area (Å²) in [6, 6.07) is 9.15. The molecule has 26 heavy (non-hydrogen) atoms. The lowest BCUT2D eigenvalue weighted by molar-refractivity contribution is 0.0928. The van der Waals surface area contributed by atoms with Crippen LogP contribution in [0.3, 0.4) is 0 Å². The normalized spacial score (nSPS) is 15.2. The third-order valence-corrected chi connectivity index (χ3v) is 4.86. The van der Waals surface area contributed by atoms with Crippen LogP contribution in [0.2, 0.25) is 5.02 Å². The summed E-state index contributed by atoms with van der Waals surface area (Å²) in [6.07, 6.45) is 8.58. The van der Waals surface area contributed by atoms with Crippen molar-refractivity contribution in [3.05, 3.63) is 47.2 Å². The molecule has 6 heteroatoms. The number of ether oxygens (including phenoxy) is 1. The van der Waals surface area contributed by atoms with E-state index in [0.717, 1.165) is 24.2 Å². The van der Waals surface area contributed by atoms with Crippen LogP contribution in [-0.4, -0.2) is 24.0 Å². The van der Waals surface area contributed by atoms with Gasteiger partial charge in [-0.15, -0.1) is 0 Å². The molecule has 1 aliphatic rings. The van der Waals surface area contributed by atoms with E-state index >= 15 is 0 Å². The van der Waals surface area contributed by atoms with Crippen molar-refractivity contribution in [1.29, 1.82) is 0 Å². The molecule has 0 aliphatic heterocycles. The standard InChI is InChI=1S/C20H24ClN3O2/c1-26-19-9-8-14(21)12-17(19)23-16-10-11-22-18(13-16)20(25)24-15-6-4-2-3-5-7-15/h8-13,15H,2-7H2,1H3,(H,22,23)(H,24,25). The molecule has 1 heterocycles. The van der Waals surface area contributed by atoms with E-state index in [9.17, 15) is 4.79 Å². The van der Waals surface area contributed by atoms with Gasteiger partial charge in [-0.2, -0.15) is 0 Å². The Bertz CT molecular complexity index is 758. The maximum absolute atomic E-state index is 12.6. The smallest absolute Gasteiger partial charge is 0.270 e. The van der Waals surface area contributed by atoms with E-state index in [1.807, 2.05) is 6.07 Å². The molecule has 1 saturated carbocycles. The number of amides is 1. The van der Waals surface area contributed by atoms with Crippen molar-refractivity contribution >= 4 is 28.9 Å². The van der Waals surface area contributed by atoms with Crippen molar-refractivity contribution in [2.75, 3.05) is 12.4 Å². The summed E-state index contributed by atoms with van der Waals surface area (Å²) >= 11 is 6.07. The molecule has 0 spiro atoms. The average molecular weight is 374 g/mol. The highest BCUT2D eigenvalue weighted by atomic mass is 35.5. The Morgan fingerprint density at radius 2 is 1.92 bits per heavy atom. The third kappa shape index (κ3) is 4.88. The fourth-order valence-electron chi connectivity index (χ4n) is 3.25. The quantitative estimate of drug-likeness (QED) is 0.728. The summed E-state index contributed by atoms with van der Waals surface area (Å²) in [5.74, 6) is 0.550. The molecule has 0 atom stereocenters. The van der Waals surface area contributed by atoms with E-state index < -0.39 is 0 Å². The van der Waals surface area contributed by atoms with Crippen LogP contribution >= 0.6 is 11.6 Å². The first kappa shape index (κ1) is 18.5. The topological polar surface area (TPSA) is 63.2 Å². The first-order valence-corrected chi connectivity index (χ1v) is 9.41. The Morgan fingerprint density at radius 1 is 1.15 bits per heavy atom. The van der Waals surface area contributed by atoms with E-state index in [2.05, 4.69) is 15.6 Å². The maximum atomic E-state index is 12.6. The van der Waals surface area contributed by atoms with Crippen LogP contribution in [-0.2, 0) is 0 Å². The van der Waals surface area contributed by atoms with E-state index in [4.69, 9.17) is 16.3 Å². The number of hydrogen-bond donors (Lipinski definition) is 2. The van der Waals surface area contributed by atoms with E-state index in [1.165, 1.54) is 25.7 Å². The minimum Gasteiger partial charge on any atom is -0.495 e. The van der Waals surface area contributed by atoms with Gasteiger partial charge in [-0.25, -0.2) is 0 Å². The van der Waals surface area contributed by atoms with Crippen molar-refractivity contribution in [2.45, 2.75) is 44.6 Å². The number of nitrogens with one attached hydrogen (secondary N) is 2. The number of carbonyl (C=O) groups is 1. The Kier molecular flexibility index (Phi) is 6.34. The monoisotopic (exact) mass is 373 g/mol. The second-order valence-corrected chi connectivity index (χ2v) is 7.00. The highest BCUT2D eigenvalue weighted by Gasteiger charge is 2.17. The molecule has 1 aliphatic carbocycles. The fraction of sp³-hybridized carbons (Fsp3) is 0.400. The van der Waals surface area contributed by atoms with Gasteiger partial charge >= 0.3 is 0 Å². The van der Waals surface area contributed by atoms with Gasteiger partial charge in [0.05, 0.1) is 12.8 Å². The van der Waals surface area contributed by atoms with E-state index in [0.29, 0.717) is 16.5 Å². The van der Waals surface area contributed by atoms with Gasteiger partial charge in [0, 0.05) is 22.9 Å². The lowest BCUT2D eigenvalue weighted by Gasteiger charge is -2.16. The zero-order valence-corrected chi connectivity index (χ0v) is 15.7. The van der Waals surface area contributed by atoms with Crippen molar-refractivity contribution in [3.8, 4) is 5.75 Å². The number of anilines is 2. The molecule has 2 N–H and O–H groups in total. The van der Waals surface area contributed by atoms with Crippen LogP contribution in [0.4, 0.5) is 11.4 Å². The molecule has 1 aromatic carbocycles. The van der Waals surface area contributed by atoms with Crippen molar-refractivity contribution in [2.24, 2.45) is 0 Å². The largest absolute Gasteiger partial charge is 0.495 e. The number of benzene rings is 1. The van der Waals surface area contributed by atoms with Gasteiger partial charge in [0.2, 0.25) is 0 Å². The molecule has 138 valence electrons. The molecule has 1 amide bonds. The van der Waals surface area contributed by atoms with Gasteiger partial charge in [0.1, 0.15) is 11.4 Å². The minimum absolute atomic E-state index is 0.126. The van der Waals surface area contributed by atoms with Crippen LogP contribution in [0, 0.1) is 0 Å². The zero-order chi connectivity index (χ0) is 18.4. The molecular formula is C20H24ClN3O2. The van der Waals surface area contributed by atoms with Crippen LogP contribution in [0.5, 0.6) is 5.75 Å². The number of carbonyl (C=O) groups excluding carboxylic acids is 1. The maximum Gasteiger partial charge on any atom is 0.270 e. The first-order valence-electron chi connectivity index (χ1n) is 9.03. The number of nitrogens with zero attached hydrogens (tertiary/aromatic N) is 1. The zero-order valence-electron chi connectivity index (χ0n) is 14.9. The SMILES string of the molecule is COc1ccc(Cl)cc1Nc1ccnc(C(=O)NC2CCCCCC2)c1. The second kappa shape index (κ2) is 8.90. The third-order valence-electron chi connectivity index (χ3n) is 4.62. The van der Waals surface area contributed by atoms with Crippen molar-refractivity contribution in [1.82, 2.24) is 10.3 Å². The van der Waals surface area contributed by atoms with Crippen LogP contribution in [0.25, 0.3) is 0 Å². The average Bonchev–Trinajstić information content (AvgIpc) is 2.91. The van der Waals surface area contributed by atoms with Gasteiger partial charge in [0.25, 0.3) is 5.91 Å². The number of methoxy groups -OCH3 is 1. The van der Waals surface area contributed by atoms with Gasteiger partial charge < -0.3 is 15.4 Å². The fourth-order valence-corrected chi connectivity index (χ4v) is 3.42. The summed E-state index contributed by atoms with van der Waals surface area (Å²) < 4.78 is 5.35. The molecule has 0 unspecified atom stereocenters. The number of pyridine rings is 1. The highest BCUT2D eigenvalue weighted by molar-refractivity contribution is 6.31. The lowest BCUT2D eigenvalue weighted by Crippen LogP contribution is -2.34. The summed E-state index contributed by atoms with van der Waals surface area (Å²) in [6.45, 7) is 0. The molecule has 0 radical (unpaired) electrons. The molecule has 1 aromatic heterocycles. The van der Waals surface area contributed by atoms with Gasteiger partial charge in [-0.05, 0) is 43.2 Å². The second-order valence-electron chi connectivity index (χ2n) is 6.56. The minimum atomic E-state index is -0.126.